The summed E-state index contributed by atoms with van der Waals surface area (Å²) in [7, 11) is 0. The normalized spacial score (nSPS) is 11.3. The first kappa shape index (κ1) is 20.6. The fourth-order valence-corrected chi connectivity index (χ4v) is 2.97. The van der Waals surface area contributed by atoms with Crippen LogP contribution in [0.4, 0.5) is 10.6 Å². The van der Waals surface area contributed by atoms with E-state index in [4.69, 9.17) is 21.1 Å². The smallest absolute Gasteiger partial charge is 0.413 e. The van der Waals surface area contributed by atoms with Crippen molar-refractivity contribution in [3.8, 4) is 11.1 Å². The first-order chi connectivity index (χ1) is 13.7. The van der Waals surface area contributed by atoms with Gasteiger partial charge < -0.3 is 9.47 Å². The van der Waals surface area contributed by atoms with Gasteiger partial charge in [-0.25, -0.2) is 14.6 Å². The van der Waals surface area contributed by atoms with E-state index in [1.807, 2.05) is 30.3 Å². The number of benzene rings is 1. The number of amides is 1. The molecule has 0 saturated heterocycles. The Labute approximate surface area is 172 Å². The van der Waals surface area contributed by atoms with E-state index >= 15 is 0 Å². The van der Waals surface area contributed by atoms with Gasteiger partial charge in [0.2, 0.25) is 0 Å². The molecule has 0 unspecified atom stereocenters. The van der Waals surface area contributed by atoms with Gasteiger partial charge in [0.05, 0.1) is 18.4 Å². The molecule has 0 spiro atoms. The first-order valence-corrected chi connectivity index (χ1v) is 9.39. The summed E-state index contributed by atoms with van der Waals surface area (Å²) in [5.74, 6) is -0.349. The number of fused-ring (bicyclic) bond motifs is 1. The van der Waals surface area contributed by atoms with Crippen molar-refractivity contribution in [2.75, 3.05) is 11.9 Å². The van der Waals surface area contributed by atoms with Gasteiger partial charge in [-0.15, -0.1) is 0 Å². The van der Waals surface area contributed by atoms with Crippen LogP contribution in [0.15, 0.2) is 36.5 Å². The summed E-state index contributed by atoms with van der Waals surface area (Å²) in [4.78, 5) is 29.0. The predicted molar refractivity (Wildman–Crippen MR) is 109 cm³/mol. The van der Waals surface area contributed by atoms with Gasteiger partial charge in [0, 0.05) is 0 Å². The van der Waals surface area contributed by atoms with E-state index in [0.29, 0.717) is 11.1 Å². The molecular weight excluding hydrogens is 396 g/mol. The summed E-state index contributed by atoms with van der Waals surface area (Å²) < 4.78 is 11.8. The lowest BCUT2D eigenvalue weighted by atomic mass is 10.1. The minimum atomic E-state index is -0.701. The van der Waals surface area contributed by atoms with Crippen molar-refractivity contribution in [2.45, 2.75) is 33.3 Å². The van der Waals surface area contributed by atoms with Gasteiger partial charge in [-0.05, 0) is 33.3 Å². The van der Waals surface area contributed by atoms with Crippen molar-refractivity contribution in [1.82, 2.24) is 14.6 Å². The van der Waals surface area contributed by atoms with Crippen LogP contribution in [0.25, 0.3) is 16.8 Å². The third-order valence-electron chi connectivity index (χ3n) is 3.78. The molecule has 2 aromatic heterocycles. The van der Waals surface area contributed by atoms with Crippen LogP contribution >= 0.6 is 11.6 Å². The molecule has 0 aliphatic rings. The van der Waals surface area contributed by atoms with E-state index in [2.05, 4.69) is 15.4 Å². The zero-order chi connectivity index (χ0) is 21.2. The maximum Gasteiger partial charge on any atom is 0.413 e. The Morgan fingerprint density at radius 1 is 1.21 bits per heavy atom. The molecule has 9 heteroatoms. The highest BCUT2D eigenvalue weighted by Crippen LogP contribution is 2.35. The van der Waals surface area contributed by atoms with Crippen LogP contribution in [-0.2, 0) is 9.47 Å². The molecule has 0 atom stereocenters. The van der Waals surface area contributed by atoms with Crippen LogP contribution in [0, 0.1) is 0 Å². The Balaban J connectivity index is 2.20. The Kier molecular flexibility index (Phi) is 5.74. The minimum Gasteiger partial charge on any atom is -0.462 e. The second-order valence-corrected chi connectivity index (χ2v) is 7.49. The topological polar surface area (TPSA) is 94.8 Å². The molecule has 0 bridgehead atoms. The van der Waals surface area contributed by atoms with E-state index in [1.165, 1.54) is 10.7 Å². The van der Waals surface area contributed by atoms with Gasteiger partial charge >= 0.3 is 12.1 Å². The number of halogens is 1. The van der Waals surface area contributed by atoms with Crippen molar-refractivity contribution >= 4 is 35.1 Å². The van der Waals surface area contributed by atoms with E-state index < -0.39 is 17.7 Å². The highest BCUT2D eigenvalue weighted by Gasteiger charge is 2.25. The minimum absolute atomic E-state index is 0.0980. The van der Waals surface area contributed by atoms with Crippen LogP contribution in [-0.4, -0.2) is 38.9 Å². The lowest BCUT2D eigenvalue weighted by Gasteiger charge is -2.21. The number of carbonyl (C=O) groups is 2. The number of esters is 1. The number of aromatic nitrogens is 3. The molecule has 0 saturated carbocycles. The van der Waals surface area contributed by atoms with Crippen molar-refractivity contribution in [1.29, 1.82) is 0 Å². The Morgan fingerprint density at radius 2 is 1.90 bits per heavy atom. The Morgan fingerprint density at radius 3 is 2.52 bits per heavy atom. The highest BCUT2D eigenvalue weighted by molar-refractivity contribution is 6.33. The van der Waals surface area contributed by atoms with Gasteiger partial charge in [0.15, 0.2) is 5.65 Å². The number of hydrogen-bond acceptors (Lipinski definition) is 6. The van der Waals surface area contributed by atoms with Crippen LogP contribution in [0.5, 0.6) is 0 Å². The zero-order valence-electron chi connectivity index (χ0n) is 16.5. The monoisotopic (exact) mass is 416 g/mol. The molecule has 2 heterocycles. The molecule has 0 fully saturated rings. The first-order valence-electron chi connectivity index (χ1n) is 9.01. The highest BCUT2D eigenvalue weighted by atomic mass is 35.5. The molecule has 0 radical (unpaired) electrons. The van der Waals surface area contributed by atoms with Gasteiger partial charge in [-0.2, -0.15) is 9.61 Å². The fourth-order valence-electron chi connectivity index (χ4n) is 2.69. The number of hydrogen-bond donors (Lipinski definition) is 1. The molecule has 1 aromatic carbocycles. The molecule has 1 amide bonds. The molecule has 0 aliphatic heterocycles. The number of carbonyl (C=O) groups excluding carboxylic acids is 2. The maximum absolute atomic E-state index is 12.5. The van der Waals surface area contributed by atoms with Crippen molar-refractivity contribution in [3.05, 3.63) is 47.2 Å². The molecule has 152 valence electrons. The van der Waals surface area contributed by atoms with Crippen molar-refractivity contribution in [3.63, 3.8) is 0 Å². The second-order valence-electron chi connectivity index (χ2n) is 7.13. The lowest BCUT2D eigenvalue weighted by molar-refractivity contribution is 0.0527. The SMILES string of the molecule is CCOC(=O)c1cnn2c(NC(=O)OC(C)(C)C)c(-c3ccccc3)c(Cl)nc12. The number of nitrogens with one attached hydrogen (secondary N) is 1. The standard InChI is InChI=1S/C20H21ClN4O4/c1-5-28-18(26)13-11-22-25-16(13)23-15(21)14(12-9-7-6-8-10-12)17(25)24-19(27)29-20(2,3)4/h6-11H,5H2,1-4H3,(H,24,27). The molecular formula is C20H21ClN4O4. The maximum atomic E-state index is 12.5. The molecule has 3 rings (SSSR count). The summed E-state index contributed by atoms with van der Waals surface area (Å²) in [6, 6.07) is 9.17. The van der Waals surface area contributed by atoms with Crippen LogP contribution in [0.1, 0.15) is 38.1 Å². The molecule has 3 aromatic rings. The molecule has 0 aliphatic carbocycles. The van der Waals surface area contributed by atoms with Crippen LogP contribution in [0.3, 0.4) is 0 Å². The number of nitrogens with zero attached hydrogens (tertiary/aromatic N) is 3. The van der Waals surface area contributed by atoms with E-state index in [1.54, 1.807) is 27.7 Å². The average Bonchev–Trinajstić information content (AvgIpc) is 3.05. The van der Waals surface area contributed by atoms with Crippen LogP contribution in [0.2, 0.25) is 5.15 Å². The zero-order valence-corrected chi connectivity index (χ0v) is 17.3. The van der Waals surface area contributed by atoms with E-state index in [9.17, 15) is 9.59 Å². The average molecular weight is 417 g/mol. The van der Waals surface area contributed by atoms with Crippen LogP contribution < -0.4 is 5.32 Å². The third kappa shape index (κ3) is 4.48. The summed E-state index contributed by atoms with van der Waals surface area (Å²) >= 11 is 6.47. The van der Waals surface area contributed by atoms with Crippen molar-refractivity contribution in [2.24, 2.45) is 0 Å². The molecule has 29 heavy (non-hydrogen) atoms. The lowest BCUT2D eigenvalue weighted by Crippen LogP contribution is -2.28. The molecule has 1 N–H and O–H groups in total. The van der Waals surface area contributed by atoms with E-state index in [0.717, 1.165) is 0 Å². The van der Waals surface area contributed by atoms with Gasteiger partial charge in [-0.1, -0.05) is 41.9 Å². The number of ether oxygens (including phenoxy) is 2. The van der Waals surface area contributed by atoms with Gasteiger partial charge in [-0.3, -0.25) is 5.32 Å². The van der Waals surface area contributed by atoms with E-state index in [-0.39, 0.29) is 28.8 Å². The third-order valence-corrected chi connectivity index (χ3v) is 4.05. The number of rotatable bonds is 4. The predicted octanol–water partition coefficient (Wildman–Crippen LogP) is 4.57. The largest absolute Gasteiger partial charge is 0.462 e. The molecule has 8 nitrogen and oxygen atoms in total. The summed E-state index contributed by atoms with van der Waals surface area (Å²) in [6.07, 6.45) is 0.637. The summed E-state index contributed by atoms with van der Waals surface area (Å²) in [5, 5.41) is 7.02. The quantitative estimate of drug-likeness (QED) is 0.494. The number of anilines is 1. The van der Waals surface area contributed by atoms with Gasteiger partial charge in [0.1, 0.15) is 22.1 Å². The second kappa shape index (κ2) is 8.08. The summed E-state index contributed by atoms with van der Waals surface area (Å²) in [6.45, 7) is 7.17. The van der Waals surface area contributed by atoms with Gasteiger partial charge in [0.25, 0.3) is 0 Å². The fraction of sp³-hybridized carbons (Fsp3) is 0.300. The Bertz CT molecular complexity index is 1060. The summed E-state index contributed by atoms with van der Waals surface area (Å²) in [5.41, 5.74) is 0.766. The van der Waals surface area contributed by atoms with Crippen molar-refractivity contribution < 1.29 is 19.1 Å². The Hall–Kier alpha value is -3.13.